The lowest BCUT2D eigenvalue weighted by atomic mass is 9.94. The van der Waals surface area contributed by atoms with Gasteiger partial charge in [-0.2, -0.15) is 0 Å². The maximum absolute atomic E-state index is 13.0. The molecule has 3 aromatic carbocycles. The molecule has 7 nitrogen and oxygen atoms in total. The zero-order chi connectivity index (χ0) is 22.8. The number of amides is 2. The lowest BCUT2D eigenvalue weighted by Gasteiger charge is -2.31. The number of hydrogen-bond donors (Lipinski definition) is 2. The number of ether oxygens (including phenoxy) is 2. The Labute approximate surface area is 192 Å². The summed E-state index contributed by atoms with van der Waals surface area (Å²) in [5, 5.41) is 4.95. The number of carbonyl (C=O) groups is 2. The lowest BCUT2D eigenvalue weighted by molar-refractivity contribution is -0.123. The fourth-order valence-electron chi connectivity index (χ4n) is 4.73. The standard InChI is InChI=1S/C26H27N3O4/c27-25(30)18-4-3-12-29(15-18)13-11-28-26(31)22-9-8-19(20-5-1-2-6-21(20)22)17-7-10-23-24(14-17)33-16-32-23/h1-2,5-10,14,18H,3-4,11-13,15-16H2,(H2,27,30)(H,28,31). The van der Waals surface area contributed by atoms with E-state index in [-0.39, 0.29) is 24.5 Å². The van der Waals surface area contributed by atoms with E-state index in [1.54, 1.807) is 0 Å². The van der Waals surface area contributed by atoms with Gasteiger partial charge in [-0.3, -0.25) is 9.59 Å². The number of likely N-dealkylation sites (tertiary alicyclic amines) is 1. The van der Waals surface area contributed by atoms with Gasteiger partial charge in [0.15, 0.2) is 11.5 Å². The number of piperidine rings is 1. The summed E-state index contributed by atoms with van der Waals surface area (Å²) in [4.78, 5) is 26.7. The van der Waals surface area contributed by atoms with Crippen LogP contribution in [0.1, 0.15) is 23.2 Å². The average Bonchev–Trinajstić information content (AvgIpc) is 3.31. The first-order chi connectivity index (χ1) is 16.1. The topological polar surface area (TPSA) is 93.9 Å². The summed E-state index contributed by atoms with van der Waals surface area (Å²) in [6, 6.07) is 17.7. The Hall–Kier alpha value is -3.58. The van der Waals surface area contributed by atoms with E-state index in [0.717, 1.165) is 52.8 Å². The van der Waals surface area contributed by atoms with E-state index in [9.17, 15) is 9.59 Å². The van der Waals surface area contributed by atoms with Gasteiger partial charge in [0.25, 0.3) is 5.91 Å². The average molecular weight is 446 g/mol. The smallest absolute Gasteiger partial charge is 0.251 e. The van der Waals surface area contributed by atoms with Crippen molar-refractivity contribution in [1.82, 2.24) is 10.2 Å². The first kappa shape index (κ1) is 21.3. The molecule has 2 heterocycles. The highest BCUT2D eigenvalue weighted by Crippen LogP contribution is 2.38. The van der Waals surface area contributed by atoms with Crippen LogP contribution >= 0.6 is 0 Å². The van der Waals surface area contributed by atoms with E-state index in [1.165, 1.54) is 0 Å². The minimum absolute atomic E-state index is 0.0953. The molecule has 0 saturated carbocycles. The minimum atomic E-state index is -0.238. The summed E-state index contributed by atoms with van der Waals surface area (Å²) in [7, 11) is 0. The molecule has 0 aliphatic carbocycles. The van der Waals surface area contributed by atoms with Gasteiger partial charge in [-0.25, -0.2) is 0 Å². The van der Waals surface area contributed by atoms with Crippen LogP contribution in [0, 0.1) is 5.92 Å². The molecule has 0 bridgehead atoms. The fourth-order valence-corrected chi connectivity index (χ4v) is 4.73. The van der Waals surface area contributed by atoms with Crippen LogP contribution in [0.2, 0.25) is 0 Å². The molecular formula is C26H27N3O4. The quantitative estimate of drug-likeness (QED) is 0.608. The van der Waals surface area contributed by atoms with Crippen molar-refractivity contribution >= 4 is 22.6 Å². The summed E-state index contributed by atoms with van der Waals surface area (Å²) < 4.78 is 11.0. The Balaban J connectivity index is 1.32. The lowest BCUT2D eigenvalue weighted by Crippen LogP contribution is -2.44. The molecule has 5 rings (SSSR count). The third-order valence-electron chi connectivity index (χ3n) is 6.47. The van der Waals surface area contributed by atoms with Gasteiger partial charge >= 0.3 is 0 Å². The Bertz CT molecular complexity index is 1210. The second kappa shape index (κ2) is 9.11. The molecule has 2 aliphatic rings. The molecule has 1 fully saturated rings. The summed E-state index contributed by atoms with van der Waals surface area (Å²) in [5.41, 5.74) is 8.15. The molecule has 2 amide bonds. The number of benzene rings is 3. The van der Waals surface area contributed by atoms with Crippen LogP contribution < -0.4 is 20.5 Å². The highest BCUT2D eigenvalue weighted by Gasteiger charge is 2.24. The molecule has 3 aromatic rings. The molecular weight excluding hydrogens is 418 g/mol. The molecule has 0 radical (unpaired) electrons. The molecule has 0 aromatic heterocycles. The molecule has 3 N–H and O–H groups in total. The second-order valence-corrected chi connectivity index (χ2v) is 8.57. The first-order valence-corrected chi connectivity index (χ1v) is 11.3. The van der Waals surface area contributed by atoms with Crippen LogP contribution in [-0.2, 0) is 4.79 Å². The number of primary amides is 1. The maximum Gasteiger partial charge on any atom is 0.251 e. The molecule has 1 atom stereocenters. The van der Waals surface area contributed by atoms with E-state index in [0.29, 0.717) is 25.2 Å². The number of nitrogens with one attached hydrogen (secondary N) is 1. The number of carbonyl (C=O) groups excluding carboxylic acids is 2. The predicted octanol–water partition coefficient (Wildman–Crippen LogP) is 3.16. The SMILES string of the molecule is NC(=O)C1CCCN(CCNC(=O)c2ccc(-c3ccc4c(c3)OCO4)c3ccccc23)C1. The number of hydrogen-bond acceptors (Lipinski definition) is 5. The molecule has 2 aliphatic heterocycles. The van der Waals surface area contributed by atoms with Gasteiger partial charge in [-0.1, -0.05) is 36.4 Å². The van der Waals surface area contributed by atoms with Gasteiger partial charge < -0.3 is 25.4 Å². The van der Waals surface area contributed by atoms with Gasteiger partial charge in [0.05, 0.1) is 5.92 Å². The highest BCUT2D eigenvalue weighted by molar-refractivity contribution is 6.11. The summed E-state index contributed by atoms with van der Waals surface area (Å²) in [5.74, 6) is 1.04. The summed E-state index contributed by atoms with van der Waals surface area (Å²) in [6.45, 7) is 3.04. The Morgan fingerprint density at radius 3 is 2.70 bits per heavy atom. The Morgan fingerprint density at radius 2 is 1.85 bits per heavy atom. The number of nitrogens with two attached hydrogens (primary N) is 1. The van der Waals surface area contributed by atoms with Crippen LogP contribution in [0.3, 0.4) is 0 Å². The Kier molecular flexibility index (Phi) is 5.88. The van der Waals surface area contributed by atoms with Gasteiger partial charge in [0.1, 0.15) is 0 Å². The van der Waals surface area contributed by atoms with Crippen LogP contribution in [0.4, 0.5) is 0 Å². The second-order valence-electron chi connectivity index (χ2n) is 8.57. The van der Waals surface area contributed by atoms with Crippen LogP contribution in [0.25, 0.3) is 21.9 Å². The van der Waals surface area contributed by atoms with Gasteiger partial charge in [-0.15, -0.1) is 0 Å². The van der Waals surface area contributed by atoms with Crippen LogP contribution in [0.5, 0.6) is 11.5 Å². The highest BCUT2D eigenvalue weighted by atomic mass is 16.7. The van der Waals surface area contributed by atoms with E-state index in [1.807, 2.05) is 54.6 Å². The zero-order valence-corrected chi connectivity index (χ0v) is 18.4. The molecule has 1 unspecified atom stereocenters. The molecule has 7 heteroatoms. The molecule has 0 spiro atoms. The molecule has 33 heavy (non-hydrogen) atoms. The minimum Gasteiger partial charge on any atom is -0.454 e. The van der Waals surface area contributed by atoms with Gasteiger partial charge in [0.2, 0.25) is 12.7 Å². The van der Waals surface area contributed by atoms with Crippen molar-refractivity contribution in [3.8, 4) is 22.6 Å². The van der Waals surface area contributed by atoms with Crippen molar-refractivity contribution in [1.29, 1.82) is 0 Å². The van der Waals surface area contributed by atoms with Crippen LogP contribution in [-0.4, -0.2) is 49.7 Å². The van der Waals surface area contributed by atoms with Crippen molar-refractivity contribution < 1.29 is 19.1 Å². The predicted molar refractivity (Wildman–Crippen MR) is 126 cm³/mol. The normalized spacial score (nSPS) is 17.8. The maximum atomic E-state index is 13.0. The Morgan fingerprint density at radius 1 is 1.03 bits per heavy atom. The van der Waals surface area contributed by atoms with Crippen molar-refractivity contribution in [2.45, 2.75) is 12.8 Å². The van der Waals surface area contributed by atoms with E-state index >= 15 is 0 Å². The van der Waals surface area contributed by atoms with Crippen LogP contribution in [0.15, 0.2) is 54.6 Å². The van der Waals surface area contributed by atoms with E-state index in [4.69, 9.17) is 15.2 Å². The van der Waals surface area contributed by atoms with Crippen molar-refractivity contribution in [2.75, 3.05) is 33.0 Å². The fraction of sp³-hybridized carbons (Fsp3) is 0.308. The summed E-state index contributed by atoms with van der Waals surface area (Å²) >= 11 is 0. The number of fused-ring (bicyclic) bond motifs is 2. The van der Waals surface area contributed by atoms with E-state index in [2.05, 4.69) is 10.2 Å². The number of nitrogens with zero attached hydrogens (tertiary/aromatic N) is 1. The monoisotopic (exact) mass is 445 g/mol. The molecule has 170 valence electrons. The van der Waals surface area contributed by atoms with Crippen molar-refractivity contribution in [3.05, 3.63) is 60.2 Å². The largest absolute Gasteiger partial charge is 0.454 e. The van der Waals surface area contributed by atoms with Crippen molar-refractivity contribution in [3.63, 3.8) is 0 Å². The summed E-state index contributed by atoms with van der Waals surface area (Å²) in [6.07, 6.45) is 1.80. The third-order valence-corrected chi connectivity index (χ3v) is 6.47. The van der Waals surface area contributed by atoms with E-state index < -0.39 is 0 Å². The van der Waals surface area contributed by atoms with Gasteiger partial charge in [-0.05, 0) is 59.5 Å². The third kappa shape index (κ3) is 4.36. The van der Waals surface area contributed by atoms with Crippen molar-refractivity contribution in [2.24, 2.45) is 11.7 Å². The zero-order valence-electron chi connectivity index (χ0n) is 18.4. The van der Waals surface area contributed by atoms with Gasteiger partial charge in [0, 0.05) is 25.2 Å². The number of rotatable bonds is 6. The first-order valence-electron chi connectivity index (χ1n) is 11.3. The molecule has 1 saturated heterocycles.